The molecule has 0 unspecified atom stereocenters. The maximum atomic E-state index is 12.3. The molecule has 0 bridgehead atoms. The number of nitrogens with one attached hydrogen (secondary N) is 1. The number of carbonyl (C=O) groups is 3. The van der Waals surface area contributed by atoms with Crippen LogP contribution in [-0.2, 0) is 14.4 Å². The molecule has 2 heterocycles. The van der Waals surface area contributed by atoms with Crippen molar-refractivity contribution in [1.82, 2.24) is 14.8 Å². The summed E-state index contributed by atoms with van der Waals surface area (Å²) in [6.45, 7) is 1.44. The van der Waals surface area contributed by atoms with E-state index in [-0.39, 0.29) is 5.91 Å². The standard InChI is InChI=1S/C18H19ClN4O3/c1-22(8-9-23-7-3-6-16(23)24)18(26)17(25)21-15-11-20-10-13-12(15)4-2-5-14(13)19/h2,4-5,10-11H,3,6-9H2,1H3,(H,21,25). The van der Waals surface area contributed by atoms with Crippen molar-refractivity contribution in [1.29, 1.82) is 0 Å². The average Bonchev–Trinajstić information content (AvgIpc) is 3.05. The van der Waals surface area contributed by atoms with Crippen molar-refractivity contribution in [2.75, 3.05) is 32.0 Å². The van der Waals surface area contributed by atoms with E-state index in [1.807, 2.05) is 0 Å². The second-order valence-corrected chi connectivity index (χ2v) is 6.59. The van der Waals surface area contributed by atoms with Gasteiger partial charge in [0.1, 0.15) is 0 Å². The summed E-state index contributed by atoms with van der Waals surface area (Å²) in [5.41, 5.74) is 0.423. The second-order valence-electron chi connectivity index (χ2n) is 6.19. The van der Waals surface area contributed by atoms with Crippen LogP contribution >= 0.6 is 11.6 Å². The number of likely N-dealkylation sites (tertiary alicyclic amines) is 1. The molecular weight excluding hydrogens is 356 g/mol. The van der Waals surface area contributed by atoms with Gasteiger partial charge in [0.25, 0.3) is 0 Å². The normalized spacial score (nSPS) is 13.9. The summed E-state index contributed by atoms with van der Waals surface area (Å²) in [5.74, 6) is -1.33. The van der Waals surface area contributed by atoms with Gasteiger partial charge >= 0.3 is 11.8 Å². The third kappa shape index (κ3) is 3.77. The Kier molecular flexibility index (Phi) is 5.37. The van der Waals surface area contributed by atoms with Crippen molar-refractivity contribution in [3.8, 4) is 0 Å². The fourth-order valence-electron chi connectivity index (χ4n) is 2.92. The van der Waals surface area contributed by atoms with E-state index in [2.05, 4.69) is 10.3 Å². The van der Waals surface area contributed by atoms with Crippen LogP contribution in [0.5, 0.6) is 0 Å². The third-order valence-electron chi connectivity index (χ3n) is 4.42. The van der Waals surface area contributed by atoms with Gasteiger partial charge in [-0.2, -0.15) is 0 Å². The molecule has 0 radical (unpaired) electrons. The van der Waals surface area contributed by atoms with E-state index in [4.69, 9.17) is 11.6 Å². The van der Waals surface area contributed by atoms with Gasteiger partial charge in [0.05, 0.1) is 16.9 Å². The molecule has 8 heteroatoms. The largest absolute Gasteiger partial charge is 0.341 e. The zero-order chi connectivity index (χ0) is 18.7. The first-order valence-electron chi connectivity index (χ1n) is 8.34. The van der Waals surface area contributed by atoms with Gasteiger partial charge in [-0.25, -0.2) is 0 Å². The highest BCUT2D eigenvalue weighted by Crippen LogP contribution is 2.27. The lowest BCUT2D eigenvalue weighted by atomic mass is 10.1. The first-order chi connectivity index (χ1) is 12.5. The molecule has 136 valence electrons. The van der Waals surface area contributed by atoms with Gasteiger partial charge in [0.15, 0.2) is 0 Å². The van der Waals surface area contributed by atoms with Crippen molar-refractivity contribution in [2.24, 2.45) is 0 Å². The minimum Gasteiger partial charge on any atom is -0.341 e. The number of hydrogen-bond acceptors (Lipinski definition) is 4. The number of amides is 3. The number of anilines is 1. The number of aromatic nitrogens is 1. The van der Waals surface area contributed by atoms with Gasteiger partial charge in [-0.3, -0.25) is 19.4 Å². The number of nitrogens with zero attached hydrogens (tertiary/aromatic N) is 3. The number of rotatable bonds is 4. The van der Waals surface area contributed by atoms with Crippen molar-refractivity contribution in [3.63, 3.8) is 0 Å². The fraction of sp³-hybridized carbons (Fsp3) is 0.333. The molecule has 1 aromatic heterocycles. The van der Waals surface area contributed by atoms with Crippen LogP contribution in [0.4, 0.5) is 5.69 Å². The van der Waals surface area contributed by atoms with Crippen molar-refractivity contribution in [2.45, 2.75) is 12.8 Å². The molecule has 2 aromatic rings. The van der Waals surface area contributed by atoms with Gasteiger partial charge in [-0.1, -0.05) is 23.7 Å². The summed E-state index contributed by atoms with van der Waals surface area (Å²) in [5, 5.41) is 4.52. The van der Waals surface area contributed by atoms with Crippen LogP contribution in [0.2, 0.25) is 5.02 Å². The molecule has 7 nitrogen and oxygen atoms in total. The number of carbonyl (C=O) groups excluding carboxylic acids is 3. The summed E-state index contributed by atoms with van der Waals surface area (Å²) in [6, 6.07) is 5.29. The van der Waals surface area contributed by atoms with Gasteiger partial charge in [-0.05, 0) is 12.5 Å². The summed E-state index contributed by atoms with van der Waals surface area (Å²) in [4.78, 5) is 43.3. The van der Waals surface area contributed by atoms with E-state index < -0.39 is 11.8 Å². The van der Waals surface area contributed by atoms with E-state index in [0.717, 1.165) is 6.42 Å². The topological polar surface area (TPSA) is 82.6 Å². The molecule has 1 aliphatic rings. The molecule has 0 aliphatic carbocycles. The minimum atomic E-state index is -0.755. The predicted octanol–water partition coefficient (Wildman–Crippen LogP) is 1.91. The molecule has 1 saturated heterocycles. The highest BCUT2D eigenvalue weighted by Gasteiger charge is 2.23. The Bertz CT molecular complexity index is 871. The fourth-order valence-corrected chi connectivity index (χ4v) is 3.14. The third-order valence-corrected chi connectivity index (χ3v) is 4.75. The molecule has 26 heavy (non-hydrogen) atoms. The highest BCUT2D eigenvalue weighted by atomic mass is 35.5. The molecule has 3 rings (SSSR count). The predicted molar refractivity (Wildman–Crippen MR) is 98.8 cm³/mol. The van der Waals surface area contributed by atoms with E-state index in [0.29, 0.717) is 47.5 Å². The van der Waals surface area contributed by atoms with E-state index >= 15 is 0 Å². The Labute approximate surface area is 155 Å². The molecule has 1 fully saturated rings. The summed E-state index contributed by atoms with van der Waals surface area (Å²) in [6.07, 6.45) is 4.48. The molecule has 3 amide bonds. The molecule has 1 aromatic carbocycles. The highest BCUT2D eigenvalue weighted by molar-refractivity contribution is 6.40. The SMILES string of the molecule is CN(CCN1CCCC1=O)C(=O)C(=O)Nc1cncc2c(Cl)cccc12. The quantitative estimate of drug-likeness (QED) is 0.829. The van der Waals surface area contributed by atoms with E-state index in [1.54, 1.807) is 36.3 Å². The number of halogens is 1. The first kappa shape index (κ1) is 18.1. The van der Waals surface area contributed by atoms with Crippen molar-refractivity contribution < 1.29 is 14.4 Å². The molecule has 0 saturated carbocycles. The number of likely N-dealkylation sites (N-methyl/N-ethyl adjacent to an activating group) is 1. The molecule has 1 aliphatic heterocycles. The zero-order valence-corrected chi connectivity index (χ0v) is 15.1. The maximum Gasteiger partial charge on any atom is 0.313 e. The first-order valence-corrected chi connectivity index (χ1v) is 8.71. The van der Waals surface area contributed by atoms with Crippen LogP contribution in [0.15, 0.2) is 30.6 Å². The Hall–Kier alpha value is -2.67. The van der Waals surface area contributed by atoms with Crippen LogP contribution in [0.1, 0.15) is 12.8 Å². The van der Waals surface area contributed by atoms with Crippen molar-refractivity contribution >= 4 is 45.8 Å². The molecule has 0 atom stereocenters. The Morgan fingerprint density at radius 1 is 1.31 bits per heavy atom. The Balaban J connectivity index is 1.65. The lowest BCUT2D eigenvalue weighted by Gasteiger charge is -2.21. The minimum absolute atomic E-state index is 0.0917. The monoisotopic (exact) mass is 374 g/mol. The van der Waals surface area contributed by atoms with Gasteiger partial charge < -0.3 is 15.1 Å². The number of benzene rings is 1. The number of hydrogen-bond donors (Lipinski definition) is 1. The van der Waals surface area contributed by atoms with Crippen LogP contribution in [0.3, 0.4) is 0 Å². The van der Waals surface area contributed by atoms with Gasteiger partial charge in [0.2, 0.25) is 5.91 Å². The average molecular weight is 375 g/mol. The van der Waals surface area contributed by atoms with E-state index in [9.17, 15) is 14.4 Å². The number of fused-ring (bicyclic) bond motifs is 1. The van der Waals surface area contributed by atoms with Crippen molar-refractivity contribution in [3.05, 3.63) is 35.6 Å². The van der Waals surface area contributed by atoms with Crippen LogP contribution in [-0.4, -0.2) is 59.2 Å². The van der Waals surface area contributed by atoms with Gasteiger partial charge in [0, 0.05) is 50.1 Å². The van der Waals surface area contributed by atoms with Crippen LogP contribution in [0, 0.1) is 0 Å². The van der Waals surface area contributed by atoms with Crippen LogP contribution < -0.4 is 5.32 Å². The molecular formula is C18H19ClN4O3. The summed E-state index contributed by atoms with van der Waals surface area (Å²) in [7, 11) is 1.54. The zero-order valence-electron chi connectivity index (χ0n) is 14.4. The molecule has 0 spiro atoms. The maximum absolute atomic E-state index is 12.3. The smallest absolute Gasteiger partial charge is 0.313 e. The Morgan fingerprint density at radius 3 is 2.85 bits per heavy atom. The van der Waals surface area contributed by atoms with E-state index in [1.165, 1.54) is 11.1 Å². The molecule has 1 N–H and O–H groups in total. The Morgan fingerprint density at radius 2 is 2.12 bits per heavy atom. The number of pyridine rings is 1. The van der Waals surface area contributed by atoms with Gasteiger partial charge in [-0.15, -0.1) is 0 Å². The lowest BCUT2D eigenvalue weighted by molar-refractivity contribution is -0.142. The summed E-state index contributed by atoms with van der Waals surface area (Å²) >= 11 is 6.13. The summed E-state index contributed by atoms with van der Waals surface area (Å²) < 4.78 is 0. The second kappa shape index (κ2) is 7.70. The van der Waals surface area contributed by atoms with Crippen LogP contribution in [0.25, 0.3) is 10.8 Å². The lowest BCUT2D eigenvalue weighted by Crippen LogP contribution is -2.41.